The van der Waals surface area contributed by atoms with Crippen molar-refractivity contribution in [3.8, 4) is 5.75 Å². The molecule has 1 saturated heterocycles. The maximum absolute atomic E-state index is 11.7. The normalized spacial score (nSPS) is 22.6. The van der Waals surface area contributed by atoms with Crippen molar-refractivity contribution in [2.24, 2.45) is 0 Å². The Morgan fingerprint density at radius 3 is 2.21 bits per heavy atom. The quantitative estimate of drug-likeness (QED) is 0.589. The van der Waals surface area contributed by atoms with E-state index < -0.39 is 9.84 Å². The second-order valence-electron chi connectivity index (χ2n) is 9.43. The minimum atomic E-state index is -3.32. The smallest absolute Gasteiger partial charge is 0.324 e. The highest BCUT2D eigenvalue weighted by Gasteiger charge is 2.29. The van der Waals surface area contributed by atoms with E-state index in [9.17, 15) is 8.42 Å². The molecule has 1 aliphatic carbocycles. The lowest BCUT2D eigenvalue weighted by Crippen LogP contribution is -2.39. The molecule has 0 amide bonds. The molecule has 0 spiro atoms. The summed E-state index contributed by atoms with van der Waals surface area (Å²) >= 11 is 0. The molecule has 0 bridgehead atoms. The summed E-state index contributed by atoms with van der Waals surface area (Å²) in [7, 11) is -3.32. The fourth-order valence-electron chi connectivity index (χ4n) is 4.37. The van der Waals surface area contributed by atoms with Gasteiger partial charge in [0, 0.05) is 25.3 Å². The second-order valence-corrected chi connectivity index (χ2v) is 11.4. The molecule has 0 aromatic carbocycles. The van der Waals surface area contributed by atoms with Gasteiger partial charge in [-0.25, -0.2) is 13.4 Å². The molecule has 9 nitrogen and oxygen atoms in total. The lowest BCUT2D eigenvalue weighted by molar-refractivity contribution is -0.0531. The molecule has 10 heteroatoms. The van der Waals surface area contributed by atoms with Crippen molar-refractivity contribution in [2.75, 3.05) is 24.2 Å². The van der Waals surface area contributed by atoms with E-state index in [1.807, 2.05) is 0 Å². The molecule has 3 heterocycles. The Bertz CT molecular complexity index is 1040. The highest BCUT2D eigenvalue weighted by Crippen LogP contribution is 2.30. The standard InChI is InChI=1S/C23H34N4O5S/c1-15(2)22-25-23(32-26-22)27-13-11-19(12-14-27)30-17-5-7-18(8-6-17)31-20-9-10-21(24-16(20)3)33(4,28)29/h9-10,15,17-19H,5-8,11-14H2,1-4H3/t17-,18-. The van der Waals surface area contributed by atoms with Gasteiger partial charge in [-0.2, -0.15) is 4.98 Å². The van der Waals surface area contributed by atoms with Gasteiger partial charge in [-0.15, -0.1) is 0 Å². The molecule has 182 valence electrons. The van der Waals surface area contributed by atoms with Crippen LogP contribution in [0.2, 0.25) is 0 Å². The second kappa shape index (κ2) is 9.97. The molecule has 2 aromatic heterocycles. The Balaban J connectivity index is 1.21. The molecule has 2 aliphatic rings. The molecule has 0 N–H and O–H groups in total. The number of hydrogen-bond acceptors (Lipinski definition) is 9. The van der Waals surface area contributed by atoms with E-state index in [4.69, 9.17) is 14.0 Å². The first-order chi connectivity index (χ1) is 15.7. The highest BCUT2D eigenvalue weighted by atomic mass is 32.2. The zero-order chi connectivity index (χ0) is 23.6. The topological polar surface area (TPSA) is 108 Å². The molecule has 2 aromatic rings. The van der Waals surface area contributed by atoms with Gasteiger partial charge < -0.3 is 18.9 Å². The molecule has 1 aliphatic heterocycles. The van der Waals surface area contributed by atoms with Crippen LogP contribution in [-0.4, -0.2) is 61.2 Å². The van der Waals surface area contributed by atoms with E-state index in [1.54, 1.807) is 13.0 Å². The Hall–Kier alpha value is -2.20. The van der Waals surface area contributed by atoms with Crippen molar-refractivity contribution in [1.82, 2.24) is 15.1 Å². The minimum absolute atomic E-state index is 0.0787. The van der Waals surface area contributed by atoms with Gasteiger partial charge in [0.1, 0.15) is 5.75 Å². The van der Waals surface area contributed by atoms with Crippen molar-refractivity contribution in [1.29, 1.82) is 0 Å². The maximum atomic E-state index is 11.7. The molecule has 4 rings (SSSR count). The van der Waals surface area contributed by atoms with Gasteiger partial charge in [0.2, 0.25) is 0 Å². The van der Waals surface area contributed by atoms with Crippen LogP contribution in [-0.2, 0) is 14.6 Å². The minimum Gasteiger partial charge on any atom is -0.489 e. The van der Waals surface area contributed by atoms with E-state index in [1.165, 1.54) is 6.07 Å². The van der Waals surface area contributed by atoms with Crippen LogP contribution in [0.3, 0.4) is 0 Å². The summed E-state index contributed by atoms with van der Waals surface area (Å²) in [5, 5.41) is 4.14. The van der Waals surface area contributed by atoms with Crippen molar-refractivity contribution in [3.63, 3.8) is 0 Å². The van der Waals surface area contributed by atoms with Crippen LogP contribution in [0.5, 0.6) is 5.75 Å². The van der Waals surface area contributed by atoms with Gasteiger partial charge in [-0.1, -0.05) is 19.0 Å². The van der Waals surface area contributed by atoms with Gasteiger partial charge in [0.25, 0.3) is 0 Å². The van der Waals surface area contributed by atoms with Gasteiger partial charge >= 0.3 is 6.01 Å². The third-order valence-corrected chi connectivity index (χ3v) is 7.34. The Labute approximate surface area is 195 Å². The van der Waals surface area contributed by atoms with Crippen LogP contribution >= 0.6 is 0 Å². The molecule has 0 unspecified atom stereocenters. The van der Waals surface area contributed by atoms with Gasteiger partial charge in [-0.3, -0.25) is 0 Å². The molecule has 2 fully saturated rings. The zero-order valence-corrected chi connectivity index (χ0v) is 20.7. The van der Waals surface area contributed by atoms with Crippen molar-refractivity contribution in [3.05, 3.63) is 23.7 Å². The van der Waals surface area contributed by atoms with E-state index in [0.717, 1.165) is 63.7 Å². The molecular formula is C23H34N4O5S. The number of pyridine rings is 1. The summed E-state index contributed by atoms with van der Waals surface area (Å²) in [5.41, 5.74) is 0.602. The SMILES string of the molecule is Cc1nc(S(C)(=O)=O)ccc1O[C@H]1CC[C@H](OC2CCN(c3nc(C(C)C)no3)CC2)CC1. The van der Waals surface area contributed by atoms with Crippen molar-refractivity contribution < 1.29 is 22.4 Å². The number of sulfone groups is 1. The number of aromatic nitrogens is 3. The molecular weight excluding hydrogens is 444 g/mol. The summed E-state index contributed by atoms with van der Waals surface area (Å²) < 4.78 is 41.3. The lowest BCUT2D eigenvalue weighted by atomic mass is 9.94. The number of ether oxygens (including phenoxy) is 2. The van der Waals surface area contributed by atoms with Crippen LogP contribution in [0.1, 0.15) is 69.8 Å². The first kappa shape index (κ1) is 23.9. The third-order valence-electron chi connectivity index (χ3n) is 6.35. The number of piperidine rings is 1. The fourth-order valence-corrected chi connectivity index (χ4v) is 4.98. The molecule has 33 heavy (non-hydrogen) atoms. The van der Waals surface area contributed by atoms with Crippen LogP contribution < -0.4 is 9.64 Å². The Kier molecular flexibility index (Phi) is 7.23. The highest BCUT2D eigenvalue weighted by molar-refractivity contribution is 7.90. The van der Waals surface area contributed by atoms with E-state index in [0.29, 0.717) is 17.5 Å². The third kappa shape index (κ3) is 6.03. The average molecular weight is 479 g/mol. The van der Waals surface area contributed by atoms with E-state index >= 15 is 0 Å². The number of anilines is 1. The first-order valence-electron chi connectivity index (χ1n) is 11.8. The van der Waals surface area contributed by atoms with Gasteiger partial charge in [0.15, 0.2) is 20.7 Å². The number of aryl methyl sites for hydroxylation is 1. The molecule has 0 atom stereocenters. The van der Waals surface area contributed by atoms with E-state index in [2.05, 4.69) is 33.9 Å². The number of nitrogens with zero attached hydrogens (tertiary/aromatic N) is 4. The van der Waals surface area contributed by atoms with Crippen molar-refractivity contribution >= 4 is 15.9 Å². The monoisotopic (exact) mass is 478 g/mol. The predicted octanol–water partition coefficient (Wildman–Crippen LogP) is 3.68. The summed E-state index contributed by atoms with van der Waals surface area (Å²) in [6.45, 7) is 7.61. The lowest BCUT2D eigenvalue weighted by Gasteiger charge is -2.35. The van der Waals surface area contributed by atoms with Crippen molar-refractivity contribution in [2.45, 2.75) is 88.6 Å². The zero-order valence-electron chi connectivity index (χ0n) is 19.9. The Morgan fingerprint density at radius 2 is 1.64 bits per heavy atom. The first-order valence-corrected chi connectivity index (χ1v) is 13.7. The van der Waals surface area contributed by atoms with E-state index in [-0.39, 0.29) is 29.3 Å². The van der Waals surface area contributed by atoms with Crippen LogP contribution in [0, 0.1) is 6.92 Å². The summed E-state index contributed by atoms with van der Waals surface area (Å²) in [4.78, 5) is 10.8. The summed E-state index contributed by atoms with van der Waals surface area (Å²) in [5.74, 6) is 1.66. The predicted molar refractivity (Wildman–Crippen MR) is 123 cm³/mol. The van der Waals surface area contributed by atoms with Crippen LogP contribution in [0.15, 0.2) is 21.7 Å². The largest absolute Gasteiger partial charge is 0.489 e. The number of hydrogen-bond donors (Lipinski definition) is 0. The van der Waals surface area contributed by atoms with Crippen LogP contribution in [0.4, 0.5) is 6.01 Å². The average Bonchev–Trinajstić information content (AvgIpc) is 3.27. The summed E-state index contributed by atoms with van der Waals surface area (Å²) in [6.07, 6.45) is 7.42. The maximum Gasteiger partial charge on any atom is 0.324 e. The molecule has 1 saturated carbocycles. The fraction of sp³-hybridized carbons (Fsp3) is 0.696. The Morgan fingerprint density at radius 1 is 1.00 bits per heavy atom. The van der Waals surface area contributed by atoms with Crippen LogP contribution in [0.25, 0.3) is 0 Å². The summed E-state index contributed by atoms with van der Waals surface area (Å²) in [6, 6.07) is 3.84. The number of rotatable bonds is 7. The van der Waals surface area contributed by atoms with Gasteiger partial charge in [0.05, 0.1) is 24.0 Å². The molecule has 0 radical (unpaired) electrons. The van der Waals surface area contributed by atoms with Gasteiger partial charge in [-0.05, 0) is 57.6 Å².